The molecule has 0 aliphatic carbocycles. The van der Waals surface area contributed by atoms with Gasteiger partial charge in [-0.2, -0.15) is 4.98 Å². The van der Waals surface area contributed by atoms with Crippen molar-refractivity contribution in [1.29, 1.82) is 0 Å². The molecule has 0 aliphatic heterocycles. The lowest BCUT2D eigenvalue weighted by atomic mass is 9.92. The van der Waals surface area contributed by atoms with E-state index < -0.39 is 0 Å². The summed E-state index contributed by atoms with van der Waals surface area (Å²) in [6.45, 7) is 8.22. The van der Waals surface area contributed by atoms with Gasteiger partial charge in [0.05, 0.1) is 5.69 Å². The quantitative estimate of drug-likeness (QED) is 0.332. The van der Waals surface area contributed by atoms with Gasteiger partial charge in [0, 0.05) is 22.3 Å². The molecule has 1 heterocycles. The fraction of sp³-hybridized carbons (Fsp3) is 0.273. The molecule has 3 nitrogen and oxygen atoms in total. The minimum Gasteiger partial charge on any atom is -0.439 e. The molecule has 3 rings (SSSR count). The summed E-state index contributed by atoms with van der Waals surface area (Å²) in [4.78, 5) is 9.24. The fourth-order valence-electron chi connectivity index (χ4n) is 2.43. The van der Waals surface area contributed by atoms with E-state index in [9.17, 15) is 4.39 Å². The Morgan fingerprint density at radius 2 is 1.75 bits per heavy atom. The van der Waals surface area contributed by atoms with Crippen LogP contribution in [0.1, 0.15) is 37.6 Å². The molecule has 0 amide bonds. The Balaban J connectivity index is 1.85. The lowest BCUT2D eigenvalue weighted by Crippen LogP contribution is -2.14. The average molecular weight is 417 g/mol. The molecule has 2 aromatic carbocycles. The summed E-state index contributed by atoms with van der Waals surface area (Å²) >= 11 is 7.59. The molecule has 28 heavy (non-hydrogen) atoms. The zero-order valence-corrected chi connectivity index (χ0v) is 17.9. The predicted molar refractivity (Wildman–Crippen MR) is 113 cm³/mol. The van der Waals surface area contributed by atoms with Crippen LogP contribution >= 0.6 is 23.4 Å². The molecule has 0 spiro atoms. The molecule has 0 saturated heterocycles. The molecule has 146 valence electrons. The Morgan fingerprint density at radius 3 is 2.39 bits per heavy atom. The SMILES string of the molecule is Cc1cc(Oc2cc(C(C)(C)C)nc(SCc3ccc(F)cc3)n2)ccc1Cl. The van der Waals surface area contributed by atoms with Crippen LogP contribution in [0.3, 0.4) is 0 Å². The first-order chi connectivity index (χ1) is 13.2. The molecule has 0 N–H and O–H groups in total. The molecule has 0 bridgehead atoms. The lowest BCUT2D eigenvalue weighted by molar-refractivity contribution is 0.446. The first-order valence-electron chi connectivity index (χ1n) is 8.91. The third-order valence-electron chi connectivity index (χ3n) is 4.08. The highest BCUT2D eigenvalue weighted by Crippen LogP contribution is 2.31. The van der Waals surface area contributed by atoms with Crippen LogP contribution in [-0.4, -0.2) is 9.97 Å². The van der Waals surface area contributed by atoms with E-state index in [1.54, 1.807) is 12.1 Å². The van der Waals surface area contributed by atoms with Gasteiger partial charge in [-0.3, -0.25) is 0 Å². The monoisotopic (exact) mass is 416 g/mol. The minimum absolute atomic E-state index is 0.151. The van der Waals surface area contributed by atoms with Gasteiger partial charge in [-0.15, -0.1) is 0 Å². The zero-order valence-electron chi connectivity index (χ0n) is 16.3. The van der Waals surface area contributed by atoms with Gasteiger partial charge in [0.25, 0.3) is 0 Å². The van der Waals surface area contributed by atoms with Gasteiger partial charge in [0.1, 0.15) is 11.6 Å². The summed E-state index contributed by atoms with van der Waals surface area (Å²) in [5, 5.41) is 1.32. The molecule has 0 saturated carbocycles. The van der Waals surface area contributed by atoms with Gasteiger partial charge >= 0.3 is 0 Å². The van der Waals surface area contributed by atoms with Gasteiger partial charge in [0.15, 0.2) is 5.16 Å². The van der Waals surface area contributed by atoms with Crippen LogP contribution in [0.5, 0.6) is 11.6 Å². The fourth-order valence-corrected chi connectivity index (χ4v) is 3.36. The molecular formula is C22H22ClFN2OS. The number of aryl methyl sites for hydroxylation is 1. The van der Waals surface area contributed by atoms with Gasteiger partial charge < -0.3 is 4.74 Å². The van der Waals surface area contributed by atoms with Crippen molar-refractivity contribution in [2.24, 2.45) is 0 Å². The summed E-state index contributed by atoms with van der Waals surface area (Å²) in [5.41, 5.74) is 2.69. The molecule has 0 atom stereocenters. The third-order valence-corrected chi connectivity index (χ3v) is 5.43. The Labute approximate surface area is 174 Å². The number of thioether (sulfide) groups is 1. The number of nitrogens with zero attached hydrogens (tertiary/aromatic N) is 2. The summed E-state index contributed by atoms with van der Waals surface area (Å²) in [5.74, 6) is 1.57. The minimum atomic E-state index is -0.242. The smallest absolute Gasteiger partial charge is 0.223 e. The molecule has 0 aliphatic rings. The third kappa shape index (κ3) is 5.46. The maximum Gasteiger partial charge on any atom is 0.223 e. The first kappa shape index (κ1) is 20.6. The van der Waals surface area contributed by atoms with Crippen molar-refractivity contribution in [2.75, 3.05) is 0 Å². The van der Waals surface area contributed by atoms with E-state index >= 15 is 0 Å². The maximum absolute atomic E-state index is 13.1. The van der Waals surface area contributed by atoms with Crippen molar-refractivity contribution in [3.63, 3.8) is 0 Å². The highest BCUT2D eigenvalue weighted by atomic mass is 35.5. The Hall–Kier alpha value is -2.11. The highest BCUT2D eigenvalue weighted by molar-refractivity contribution is 7.98. The summed E-state index contributed by atoms with van der Waals surface area (Å²) in [6, 6.07) is 13.8. The Bertz CT molecular complexity index is 971. The number of aromatic nitrogens is 2. The molecule has 3 aromatic rings. The maximum atomic E-state index is 13.1. The highest BCUT2D eigenvalue weighted by Gasteiger charge is 2.19. The van der Waals surface area contributed by atoms with Crippen LogP contribution in [0.4, 0.5) is 4.39 Å². The van der Waals surface area contributed by atoms with Crippen molar-refractivity contribution < 1.29 is 9.13 Å². The van der Waals surface area contributed by atoms with E-state index in [0.29, 0.717) is 27.6 Å². The van der Waals surface area contributed by atoms with Crippen LogP contribution in [0, 0.1) is 12.7 Å². The van der Waals surface area contributed by atoms with Gasteiger partial charge in [-0.05, 0) is 48.4 Å². The van der Waals surface area contributed by atoms with E-state index in [1.807, 2.05) is 31.2 Å². The van der Waals surface area contributed by atoms with Crippen molar-refractivity contribution >= 4 is 23.4 Å². The summed E-state index contributed by atoms with van der Waals surface area (Å²) < 4.78 is 19.1. The number of rotatable bonds is 5. The Kier molecular flexibility index (Phi) is 6.26. The normalized spacial score (nSPS) is 11.5. The number of hydrogen-bond donors (Lipinski definition) is 0. The summed E-state index contributed by atoms with van der Waals surface area (Å²) in [7, 11) is 0. The molecule has 0 fully saturated rings. The van der Waals surface area contributed by atoms with Gasteiger partial charge in [-0.25, -0.2) is 9.37 Å². The van der Waals surface area contributed by atoms with Crippen molar-refractivity contribution in [3.05, 3.63) is 76.2 Å². The van der Waals surface area contributed by atoms with Crippen LogP contribution < -0.4 is 4.74 Å². The standard InChI is InChI=1S/C22H22ClFN2OS/c1-14-11-17(9-10-18(14)23)27-20-12-19(22(2,3)4)25-21(26-20)28-13-15-5-7-16(24)8-6-15/h5-12H,13H2,1-4H3. The van der Waals surface area contributed by atoms with Crippen LogP contribution in [-0.2, 0) is 11.2 Å². The lowest BCUT2D eigenvalue weighted by Gasteiger charge is -2.19. The predicted octanol–water partition coefficient (Wildman–Crippen LogP) is 6.96. The van der Waals surface area contributed by atoms with Crippen LogP contribution in [0.15, 0.2) is 53.7 Å². The van der Waals surface area contributed by atoms with Crippen LogP contribution in [0.25, 0.3) is 0 Å². The second-order valence-electron chi connectivity index (χ2n) is 7.55. The number of hydrogen-bond acceptors (Lipinski definition) is 4. The van der Waals surface area contributed by atoms with E-state index in [1.165, 1.54) is 23.9 Å². The molecule has 1 aromatic heterocycles. The average Bonchev–Trinajstić information content (AvgIpc) is 2.63. The van der Waals surface area contributed by atoms with E-state index in [2.05, 4.69) is 30.7 Å². The topological polar surface area (TPSA) is 35.0 Å². The van der Waals surface area contributed by atoms with Gasteiger partial charge in [0.2, 0.25) is 5.88 Å². The van der Waals surface area contributed by atoms with Gasteiger partial charge in [-0.1, -0.05) is 56.3 Å². The largest absolute Gasteiger partial charge is 0.439 e. The van der Waals surface area contributed by atoms with Crippen LogP contribution in [0.2, 0.25) is 5.02 Å². The van der Waals surface area contributed by atoms with Crippen molar-refractivity contribution in [2.45, 2.75) is 44.0 Å². The second kappa shape index (κ2) is 8.50. The van der Waals surface area contributed by atoms with Crippen molar-refractivity contribution in [1.82, 2.24) is 9.97 Å². The molecule has 6 heteroatoms. The number of ether oxygens (including phenoxy) is 1. The molecule has 0 radical (unpaired) electrons. The molecular weight excluding hydrogens is 395 g/mol. The van der Waals surface area contributed by atoms with Crippen molar-refractivity contribution in [3.8, 4) is 11.6 Å². The Morgan fingerprint density at radius 1 is 1.04 bits per heavy atom. The number of benzene rings is 2. The molecule has 0 unspecified atom stereocenters. The summed E-state index contributed by atoms with van der Waals surface area (Å²) in [6.07, 6.45) is 0. The first-order valence-corrected chi connectivity index (χ1v) is 10.3. The van der Waals surface area contributed by atoms with E-state index in [4.69, 9.17) is 16.3 Å². The van der Waals surface area contributed by atoms with E-state index in [0.717, 1.165) is 16.8 Å². The second-order valence-corrected chi connectivity index (χ2v) is 8.90. The van der Waals surface area contributed by atoms with E-state index in [-0.39, 0.29) is 11.2 Å². The number of halogens is 2. The zero-order chi connectivity index (χ0) is 20.3.